The first-order chi connectivity index (χ1) is 3.39. The lowest BCUT2D eigenvalue weighted by Crippen LogP contribution is -2.10. The summed E-state index contributed by atoms with van der Waals surface area (Å²) >= 11 is 0. The summed E-state index contributed by atoms with van der Waals surface area (Å²) in [6.07, 6.45) is 4.03. The summed E-state index contributed by atoms with van der Waals surface area (Å²) in [7, 11) is 0. The van der Waals surface area contributed by atoms with Crippen molar-refractivity contribution in [2.75, 3.05) is 6.61 Å². The predicted molar refractivity (Wildman–Crippen MR) is 25.6 cm³/mol. The summed E-state index contributed by atoms with van der Waals surface area (Å²) in [4.78, 5) is 9.29. The molecule has 2 heteroatoms. The zero-order valence-electron chi connectivity index (χ0n) is 4.26. The van der Waals surface area contributed by atoms with Gasteiger partial charge in [-0.3, -0.25) is 0 Å². The van der Waals surface area contributed by atoms with Crippen molar-refractivity contribution in [3.8, 4) is 0 Å². The molecule has 1 heterocycles. The van der Waals surface area contributed by atoms with Crippen molar-refractivity contribution in [2.24, 2.45) is 0 Å². The zero-order chi connectivity index (χ0) is 5.11. The van der Waals surface area contributed by atoms with E-state index in [0.717, 1.165) is 0 Å². The summed E-state index contributed by atoms with van der Waals surface area (Å²) < 4.78 is 0. The Morgan fingerprint density at radius 2 is 2.57 bits per heavy atom. The Kier molecular flexibility index (Phi) is 1.44. The molecule has 0 fully saturated rings. The van der Waals surface area contributed by atoms with Gasteiger partial charge in [-0.25, -0.2) is 9.78 Å². The van der Waals surface area contributed by atoms with E-state index in [0.29, 0.717) is 6.61 Å². The first-order valence-corrected chi connectivity index (χ1v) is 2.34. The third kappa shape index (κ3) is 1.29. The molecule has 0 aromatic heterocycles. The van der Waals surface area contributed by atoms with E-state index in [-0.39, 0.29) is 6.10 Å². The molecular formula is C5H8O2. The van der Waals surface area contributed by atoms with Crippen LogP contribution in [0.3, 0.4) is 0 Å². The third-order valence-electron chi connectivity index (χ3n) is 0.791. The smallest absolute Gasteiger partial charge is 0.108 e. The van der Waals surface area contributed by atoms with E-state index >= 15 is 0 Å². The molecule has 2 nitrogen and oxygen atoms in total. The minimum atomic E-state index is 0.133. The molecular weight excluding hydrogens is 92.1 g/mol. The Labute approximate surface area is 42.7 Å². The van der Waals surface area contributed by atoms with Gasteiger partial charge in [0.2, 0.25) is 0 Å². The van der Waals surface area contributed by atoms with Gasteiger partial charge in [-0.05, 0) is 6.92 Å². The molecule has 0 aromatic carbocycles. The molecule has 0 aromatic rings. The van der Waals surface area contributed by atoms with Gasteiger partial charge >= 0.3 is 0 Å². The van der Waals surface area contributed by atoms with Crippen LogP contribution in [0.1, 0.15) is 6.92 Å². The Morgan fingerprint density at radius 1 is 1.71 bits per heavy atom. The molecule has 1 atom stereocenters. The number of hydrogen-bond donors (Lipinski definition) is 0. The van der Waals surface area contributed by atoms with Crippen LogP contribution in [-0.2, 0) is 9.78 Å². The van der Waals surface area contributed by atoms with E-state index in [1.54, 1.807) is 0 Å². The van der Waals surface area contributed by atoms with Crippen molar-refractivity contribution in [2.45, 2.75) is 13.0 Å². The molecule has 40 valence electrons. The van der Waals surface area contributed by atoms with E-state index in [2.05, 4.69) is 4.89 Å². The van der Waals surface area contributed by atoms with E-state index < -0.39 is 0 Å². The van der Waals surface area contributed by atoms with Gasteiger partial charge in [-0.2, -0.15) is 0 Å². The van der Waals surface area contributed by atoms with Crippen LogP contribution < -0.4 is 0 Å². The molecule has 0 saturated carbocycles. The second kappa shape index (κ2) is 2.09. The van der Waals surface area contributed by atoms with E-state index in [4.69, 9.17) is 4.89 Å². The number of rotatable bonds is 0. The summed E-state index contributed by atoms with van der Waals surface area (Å²) in [5.74, 6) is 0. The quantitative estimate of drug-likeness (QED) is 0.332. The Balaban J connectivity index is 2.36. The molecule has 0 spiro atoms. The van der Waals surface area contributed by atoms with Crippen LogP contribution in [-0.4, -0.2) is 12.7 Å². The lowest BCUT2D eigenvalue weighted by Gasteiger charge is -2.09. The molecule has 0 aliphatic carbocycles. The molecule has 1 aliphatic rings. The van der Waals surface area contributed by atoms with Crippen LogP contribution in [0.5, 0.6) is 0 Å². The van der Waals surface area contributed by atoms with Gasteiger partial charge in [0.15, 0.2) is 0 Å². The van der Waals surface area contributed by atoms with Crippen molar-refractivity contribution in [1.29, 1.82) is 0 Å². The molecule has 0 radical (unpaired) electrons. The largest absolute Gasteiger partial charge is 0.232 e. The maximum absolute atomic E-state index is 4.69. The second-order valence-corrected chi connectivity index (χ2v) is 1.51. The Hall–Kier alpha value is -0.340. The molecule has 1 rings (SSSR count). The van der Waals surface area contributed by atoms with Crippen molar-refractivity contribution < 1.29 is 9.78 Å². The minimum absolute atomic E-state index is 0.133. The lowest BCUT2D eigenvalue weighted by molar-refractivity contribution is -0.309. The van der Waals surface area contributed by atoms with Crippen LogP contribution in [0.4, 0.5) is 0 Å². The average molecular weight is 100 g/mol. The van der Waals surface area contributed by atoms with Gasteiger partial charge in [0.1, 0.15) is 12.7 Å². The van der Waals surface area contributed by atoms with E-state index in [9.17, 15) is 0 Å². The van der Waals surface area contributed by atoms with E-state index in [1.165, 1.54) is 0 Å². The normalized spacial score (nSPS) is 30.7. The van der Waals surface area contributed by atoms with Gasteiger partial charge in [0, 0.05) is 0 Å². The molecule has 0 bridgehead atoms. The van der Waals surface area contributed by atoms with Crippen molar-refractivity contribution in [3.63, 3.8) is 0 Å². The lowest BCUT2D eigenvalue weighted by atomic mass is 10.3. The first kappa shape index (κ1) is 4.81. The summed E-state index contributed by atoms with van der Waals surface area (Å²) in [5, 5.41) is 0. The van der Waals surface area contributed by atoms with Gasteiger partial charge < -0.3 is 0 Å². The maximum atomic E-state index is 4.69. The monoisotopic (exact) mass is 100 g/mol. The van der Waals surface area contributed by atoms with Gasteiger partial charge in [-0.15, -0.1) is 0 Å². The van der Waals surface area contributed by atoms with Crippen LogP contribution in [0.15, 0.2) is 12.2 Å². The van der Waals surface area contributed by atoms with Gasteiger partial charge in [-0.1, -0.05) is 12.2 Å². The topological polar surface area (TPSA) is 18.5 Å². The fourth-order valence-corrected chi connectivity index (χ4v) is 0.465. The molecule has 0 N–H and O–H groups in total. The highest BCUT2D eigenvalue weighted by molar-refractivity contribution is 4.88. The minimum Gasteiger partial charge on any atom is -0.232 e. The summed E-state index contributed by atoms with van der Waals surface area (Å²) in [5.41, 5.74) is 0. The van der Waals surface area contributed by atoms with Gasteiger partial charge in [0.05, 0.1) is 0 Å². The maximum Gasteiger partial charge on any atom is 0.108 e. The molecule has 0 saturated heterocycles. The fourth-order valence-electron chi connectivity index (χ4n) is 0.465. The van der Waals surface area contributed by atoms with Crippen LogP contribution in [0.2, 0.25) is 0 Å². The van der Waals surface area contributed by atoms with Gasteiger partial charge in [0.25, 0.3) is 0 Å². The molecule has 7 heavy (non-hydrogen) atoms. The highest BCUT2D eigenvalue weighted by Gasteiger charge is 1.99. The van der Waals surface area contributed by atoms with Crippen molar-refractivity contribution >= 4 is 0 Å². The highest BCUT2D eigenvalue weighted by Crippen LogP contribution is 1.98. The number of hydrogen-bond acceptors (Lipinski definition) is 2. The first-order valence-electron chi connectivity index (χ1n) is 2.34. The summed E-state index contributed by atoms with van der Waals surface area (Å²) in [6.45, 7) is 2.51. The molecule has 0 amide bonds. The van der Waals surface area contributed by atoms with Crippen LogP contribution >= 0.6 is 0 Å². The third-order valence-corrected chi connectivity index (χ3v) is 0.791. The van der Waals surface area contributed by atoms with Crippen LogP contribution in [0, 0.1) is 0 Å². The standard InChI is InChI=1S/C5H8O2/c1-5-3-2-4-6-7-5/h2-3,5H,4H2,1H3/t5-/m0/s1. The van der Waals surface area contributed by atoms with E-state index in [1.807, 2.05) is 19.1 Å². The van der Waals surface area contributed by atoms with Crippen molar-refractivity contribution in [1.82, 2.24) is 0 Å². The highest BCUT2D eigenvalue weighted by atomic mass is 17.2. The molecule has 0 unspecified atom stereocenters. The SMILES string of the molecule is C[C@H]1C=CCOO1. The fraction of sp³-hybridized carbons (Fsp3) is 0.600. The Morgan fingerprint density at radius 3 is 2.86 bits per heavy atom. The van der Waals surface area contributed by atoms with Crippen LogP contribution in [0.25, 0.3) is 0 Å². The average Bonchev–Trinajstić information content (AvgIpc) is 1.69. The van der Waals surface area contributed by atoms with Crippen molar-refractivity contribution in [3.05, 3.63) is 12.2 Å². The summed E-state index contributed by atoms with van der Waals surface area (Å²) in [6, 6.07) is 0. The molecule has 1 aliphatic heterocycles. The predicted octanol–water partition coefficient (Wildman–Crippen LogP) is 0.893. The second-order valence-electron chi connectivity index (χ2n) is 1.51. The Bertz CT molecular complexity index is 78.1. The zero-order valence-corrected chi connectivity index (χ0v) is 4.26.